The number of thioether (sulfide) groups is 1. The molecule has 0 atom stereocenters. The van der Waals surface area contributed by atoms with E-state index in [1.807, 2.05) is 13.1 Å². The number of hydrogen-bond donors (Lipinski definition) is 1. The zero-order valence-electron chi connectivity index (χ0n) is 11.0. The lowest BCUT2D eigenvalue weighted by atomic mass is 9.67. The molecule has 1 fully saturated rings. The second-order valence-electron chi connectivity index (χ2n) is 5.18. The quantitative estimate of drug-likeness (QED) is 0.806. The van der Waals surface area contributed by atoms with Crippen LogP contribution in [-0.2, 0) is 11.3 Å². The van der Waals surface area contributed by atoms with Crippen molar-refractivity contribution in [3.8, 4) is 0 Å². The summed E-state index contributed by atoms with van der Waals surface area (Å²) in [5.41, 5.74) is 1.39. The average Bonchev–Trinajstić information content (AvgIpc) is 2.61. The van der Waals surface area contributed by atoms with Crippen molar-refractivity contribution in [1.29, 1.82) is 0 Å². The molecule has 1 N–H and O–H groups in total. The second-order valence-corrected chi connectivity index (χ2v) is 6.12. The third kappa shape index (κ3) is 2.88. The summed E-state index contributed by atoms with van der Waals surface area (Å²) >= 11 is 1.31. The van der Waals surface area contributed by atoms with Crippen LogP contribution < -0.4 is 0 Å². The molecule has 0 aromatic carbocycles. The van der Waals surface area contributed by atoms with Gasteiger partial charge in [0.25, 0.3) is 0 Å². The molecule has 1 aromatic rings. The molecule has 0 aliphatic heterocycles. The smallest absolute Gasteiger partial charge is 0.313 e. The van der Waals surface area contributed by atoms with Crippen molar-refractivity contribution in [2.24, 2.45) is 5.41 Å². The van der Waals surface area contributed by atoms with Crippen LogP contribution in [0.3, 0.4) is 0 Å². The number of aliphatic carboxylic acids is 1. The van der Waals surface area contributed by atoms with Crippen LogP contribution in [0.4, 0.5) is 0 Å². The number of imidazole rings is 1. The van der Waals surface area contributed by atoms with Gasteiger partial charge in [-0.1, -0.05) is 25.1 Å². The molecule has 0 radical (unpaired) electrons. The van der Waals surface area contributed by atoms with Gasteiger partial charge in [0.1, 0.15) is 0 Å². The van der Waals surface area contributed by atoms with Gasteiger partial charge >= 0.3 is 5.97 Å². The van der Waals surface area contributed by atoms with Crippen LogP contribution in [0.1, 0.15) is 38.3 Å². The Hall–Kier alpha value is -0.970. The minimum atomic E-state index is -0.791. The maximum Gasteiger partial charge on any atom is 0.313 e. The van der Waals surface area contributed by atoms with Crippen molar-refractivity contribution in [2.75, 3.05) is 5.75 Å². The highest BCUT2D eigenvalue weighted by Gasteiger charge is 2.35. The first kappa shape index (κ1) is 13.5. The Kier molecular flexibility index (Phi) is 4.00. The lowest BCUT2D eigenvalue weighted by Gasteiger charge is -2.41. The van der Waals surface area contributed by atoms with Crippen LogP contribution in [0.15, 0.2) is 11.4 Å². The minimum Gasteiger partial charge on any atom is -0.481 e. The fourth-order valence-electron chi connectivity index (χ4n) is 2.54. The Morgan fingerprint density at radius 1 is 1.61 bits per heavy atom. The Morgan fingerprint density at radius 3 is 2.83 bits per heavy atom. The van der Waals surface area contributed by atoms with Gasteiger partial charge < -0.3 is 9.67 Å². The molecule has 4 nitrogen and oxygen atoms in total. The van der Waals surface area contributed by atoms with Crippen molar-refractivity contribution in [1.82, 2.24) is 9.55 Å². The number of carbonyl (C=O) groups is 1. The summed E-state index contributed by atoms with van der Waals surface area (Å²) in [5.74, 6) is -0.712. The van der Waals surface area contributed by atoms with Gasteiger partial charge in [-0.05, 0) is 31.6 Å². The molecule has 18 heavy (non-hydrogen) atoms. The van der Waals surface area contributed by atoms with Crippen LogP contribution >= 0.6 is 11.8 Å². The summed E-state index contributed by atoms with van der Waals surface area (Å²) in [4.78, 5) is 15.1. The lowest BCUT2D eigenvalue weighted by molar-refractivity contribution is -0.133. The average molecular weight is 268 g/mol. The number of aryl methyl sites for hydroxylation is 1. The Balaban J connectivity index is 2.09. The summed E-state index contributed by atoms with van der Waals surface area (Å²) in [6.07, 6.45) is 7.11. The molecule has 0 saturated heterocycles. The maximum atomic E-state index is 10.6. The van der Waals surface area contributed by atoms with E-state index in [0.717, 1.165) is 17.4 Å². The Morgan fingerprint density at radius 2 is 2.33 bits per heavy atom. The first-order chi connectivity index (χ1) is 8.54. The van der Waals surface area contributed by atoms with Crippen molar-refractivity contribution in [3.05, 3.63) is 11.9 Å². The van der Waals surface area contributed by atoms with E-state index in [2.05, 4.69) is 16.5 Å². The molecule has 2 rings (SSSR count). The van der Waals surface area contributed by atoms with Crippen LogP contribution in [0.5, 0.6) is 0 Å². The summed E-state index contributed by atoms with van der Waals surface area (Å²) in [7, 11) is 0. The molecule has 5 heteroatoms. The zero-order chi connectivity index (χ0) is 13.2. The second kappa shape index (κ2) is 5.34. The molecule has 0 unspecified atom stereocenters. The van der Waals surface area contributed by atoms with E-state index < -0.39 is 5.97 Å². The molecular formula is C13H20N2O2S. The van der Waals surface area contributed by atoms with Gasteiger partial charge in [0.05, 0.1) is 11.4 Å². The van der Waals surface area contributed by atoms with Crippen molar-refractivity contribution in [2.45, 2.75) is 51.2 Å². The SMILES string of the molecule is CCC1(Cn2cc(C)nc2SCC(=O)O)CCC1. The lowest BCUT2D eigenvalue weighted by Crippen LogP contribution is -2.33. The van der Waals surface area contributed by atoms with E-state index in [0.29, 0.717) is 5.41 Å². The van der Waals surface area contributed by atoms with E-state index in [1.54, 1.807) is 0 Å². The molecule has 1 heterocycles. The summed E-state index contributed by atoms with van der Waals surface area (Å²) in [5, 5.41) is 9.59. The molecule has 100 valence electrons. The summed E-state index contributed by atoms with van der Waals surface area (Å²) < 4.78 is 2.14. The van der Waals surface area contributed by atoms with Crippen LogP contribution in [0, 0.1) is 12.3 Å². The molecule has 0 bridgehead atoms. The van der Waals surface area contributed by atoms with E-state index in [4.69, 9.17) is 5.11 Å². The number of aromatic nitrogens is 2. The maximum absolute atomic E-state index is 10.6. The number of nitrogens with zero attached hydrogens (tertiary/aromatic N) is 2. The van der Waals surface area contributed by atoms with Gasteiger partial charge in [-0.15, -0.1) is 0 Å². The van der Waals surface area contributed by atoms with E-state index in [-0.39, 0.29) is 5.75 Å². The molecule has 1 aliphatic rings. The predicted octanol–water partition coefficient (Wildman–Crippen LogP) is 2.95. The van der Waals surface area contributed by atoms with Gasteiger partial charge in [-0.2, -0.15) is 0 Å². The molecular weight excluding hydrogens is 248 g/mol. The fraction of sp³-hybridized carbons (Fsp3) is 0.692. The number of carboxylic acids is 1. The first-order valence-corrected chi connectivity index (χ1v) is 7.41. The highest BCUT2D eigenvalue weighted by atomic mass is 32.2. The molecule has 1 aromatic heterocycles. The van der Waals surface area contributed by atoms with Gasteiger partial charge in [0.2, 0.25) is 0 Å². The molecule has 0 spiro atoms. The third-order valence-electron chi connectivity index (χ3n) is 3.86. The third-order valence-corrected chi connectivity index (χ3v) is 4.83. The number of carboxylic acid groups (broad SMARTS) is 1. The number of hydrogen-bond acceptors (Lipinski definition) is 3. The summed E-state index contributed by atoms with van der Waals surface area (Å²) in [6, 6.07) is 0. The highest BCUT2D eigenvalue weighted by Crippen LogP contribution is 2.45. The zero-order valence-corrected chi connectivity index (χ0v) is 11.8. The monoisotopic (exact) mass is 268 g/mol. The molecule has 1 saturated carbocycles. The molecule has 1 aliphatic carbocycles. The largest absolute Gasteiger partial charge is 0.481 e. The van der Waals surface area contributed by atoms with Crippen molar-refractivity contribution < 1.29 is 9.90 Å². The Labute approximate surface area is 112 Å². The standard InChI is InChI=1S/C13H20N2O2S/c1-3-13(5-4-6-13)9-15-7-10(2)14-12(15)18-8-11(16)17/h7H,3-6,8-9H2,1-2H3,(H,16,17). The summed E-state index contributed by atoms with van der Waals surface area (Å²) in [6.45, 7) is 5.18. The van der Waals surface area contributed by atoms with E-state index in [9.17, 15) is 4.79 Å². The van der Waals surface area contributed by atoms with Gasteiger partial charge in [-0.25, -0.2) is 4.98 Å². The van der Waals surface area contributed by atoms with Gasteiger partial charge in [0.15, 0.2) is 5.16 Å². The Bertz CT molecular complexity index is 433. The van der Waals surface area contributed by atoms with Crippen LogP contribution in [0.25, 0.3) is 0 Å². The van der Waals surface area contributed by atoms with Gasteiger partial charge in [-0.3, -0.25) is 4.79 Å². The van der Waals surface area contributed by atoms with Crippen LogP contribution in [0.2, 0.25) is 0 Å². The molecule has 0 amide bonds. The van der Waals surface area contributed by atoms with Crippen molar-refractivity contribution >= 4 is 17.7 Å². The number of rotatable bonds is 6. The minimum absolute atomic E-state index is 0.0789. The highest BCUT2D eigenvalue weighted by molar-refractivity contribution is 7.99. The van der Waals surface area contributed by atoms with E-state index in [1.165, 1.54) is 37.4 Å². The first-order valence-electron chi connectivity index (χ1n) is 6.43. The predicted molar refractivity (Wildman–Crippen MR) is 71.9 cm³/mol. The van der Waals surface area contributed by atoms with E-state index >= 15 is 0 Å². The topological polar surface area (TPSA) is 55.1 Å². The fourth-order valence-corrected chi connectivity index (χ4v) is 3.29. The van der Waals surface area contributed by atoms with Crippen LogP contribution in [-0.4, -0.2) is 26.4 Å². The normalized spacial score (nSPS) is 17.4. The van der Waals surface area contributed by atoms with Gasteiger partial charge in [0, 0.05) is 12.7 Å². The van der Waals surface area contributed by atoms with Crippen molar-refractivity contribution in [3.63, 3.8) is 0 Å².